The third kappa shape index (κ3) is 12.5. The van der Waals surface area contributed by atoms with Gasteiger partial charge in [-0.3, -0.25) is 0 Å². The highest BCUT2D eigenvalue weighted by atomic mass is 32.1. The molecule has 0 aliphatic heterocycles. The van der Waals surface area contributed by atoms with Gasteiger partial charge >= 0.3 is 49.4 Å². The number of thiazole rings is 1. The summed E-state index contributed by atoms with van der Waals surface area (Å²) in [5.74, 6) is 0. The molecule has 1 nitrogen and oxygen atoms in total. The lowest BCUT2D eigenvalue weighted by molar-refractivity contribution is -0.664. The van der Waals surface area contributed by atoms with Crippen LogP contribution in [0.25, 0.3) is 10.2 Å². The number of benzene rings is 6. The van der Waals surface area contributed by atoms with Crippen molar-refractivity contribution in [1.82, 2.24) is 0 Å². The van der Waals surface area contributed by atoms with Crippen LogP contribution in [0.15, 0.2) is 115 Å². The zero-order valence-corrected chi connectivity index (χ0v) is 39.0. The van der Waals surface area contributed by atoms with Crippen LogP contribution in [0.2, 0.25) is 0 Å². The molecule has 0 aliphatic carbocycles. The van der Waals surface area contributed by atoms with Gasteiger partial charge in [0.05, 0.1) is 44.5 Å². The van der Waals surface area contributed by atoms with Gasteiger partial charge in [0.15, 0.2) is 6.54 Å². The molecule has 76 heavy (non-hydrogen) atoms. The molecule has 408 valence electrons. The number of hydrogen-bond acceptors (Lipinski definition) is 1. The molecular weight excluding hydrogens is 1100 g/mol. The van der Waals surface area contributed by atoms with Crippen molar-refractivity contribution in [1.29, 1.82) is 0 Å². The van der Waals surface area contributed by atoms with Crippen molar-refractivity contribution < 1.29 is 110 Å². The summed E-state index contributed by atoms with van der Waals surface area (Å²) in [6, 6.07) is 6.32. The highest BCUT2D eigenvalue weighted by molar-refractivity contribution is 7.20. The topological polar surface area (TPSA) is 3.88 Å². The second-order valence-corrected chi connectivity index (χ2v) is 18.5. The number of alkyl halides is 24. The van der Waals surface area contributed by atoms with E-state index in [1.807, 2.05) is 11.3 Å². The van der Waals surface area contributed by atoms with E-state index in [1.165, 1.54) is 31.9 Å². The molecule has 1 aromatic heterocycles. The van der Waals surface area contributed by atoms with Crippen molar-refractivity contribution in [3.63, 3.8) is 0 Å². The first-order chi connectivity index (χ1) is 34.4. The summed E-state index contributed by atoms with van der Waals surface area (Å²) in [6.45, 7) is 7.57. The van der Waals surface area contributed by atoms with Gasteiger partial charge in [-0.2, -0.15) is 132 Å². The van der Waals surface area contributed by atoms with E-state index in [0.29, 0.717) is 0 Å². The van der Waals surface area contributed by atoms with Gasteiger partial charge in [0.25, 0.3) is 0 Å². The van der Waals surface area contributed by atoms with E-state index in [0.717, 1.165) is 6.54 Å². The monoisotopic (exact) mass is 1130 g/mol. The third-order valence-electron chi connectivity index (χ3n) is 12.1. The Bertz CT molecular complexity index is 2820. The van der Waals surface area contributed by atoms with E-state index < -0.39 is 195 Å². The number of fused-ring (bicyclic) bond motifs is 1. The molecule has 7 rings (SSSR count). The lowest BCUT2D eigenvalue weighted by Crippen LogP contribution is -2.75. The maximum absolute atomic E-state index is 14.2. The summed E-state index contributed by atoms with van der Waals surface area (Å²) in [5.41, 5.74) is -24.7. The van der Waals surface area contributed by atoms with Crippen LogP contribution in [0.1, 0.15) is 66.2 Å². The summed E-state index contributed by atoms with van der Waals surface area (Å²) in [7, 11) is 0. The van der Waals surface area contributed by atoms with Crippen molar-refractivity contribution in [2.45, 2.75) is 76.7 Å². The Morgan fingerprint density at radius 3 is 0.842 bits per heavy atom. The summed E-state index contributed by atoms with van der Waals surface area (Å²) < 4.78 is 345. The Hall–Kier alpha value is -6.41. The molecule has 0 atom stereocenters. The molecule has 0 saturated carbocycles. The number of halogens is 24. The molecule has 7 aromatic rings. The average molecular weight is 1130 g/mol. The minimum Gasteiger partial charge on any atom is -0.194 e. The molecule has 6 aromatic carbocycles. The third-order valence-corrected chi connectivity index (χ3v) is 13.3. The van der Waals surface area contributed by atoms with Crippen LogP contribution >= 0.6 is 11.3 Å². The Morgan fingerprint density at radius 1 is 0.342 bits per heavy atom. The minimum atomic E-state index is -6.13. The molecule has 0 aliphatic rings. The Labute approximate surface area is 416 Å². The highest BCUT2D eigenvalue weighted by Gasteiger charge is 2.47. The number of hydrogen-bond donors (Lipinski definition) is 0. The first kappa shape index (κ1) is 58.8. The van der Waals surface area contributed by atoms with Crippen molar-refractivity contribution in [2.24, 2.45) is 0 Å². The van der Waals surface area contributed by atoms with Gasteiger partial charge < -0.3 is 0 Å². The lowest BCUT2D eigenvalue weighted by atomic mass is 9.12. The first-order valence-corrected chi connectivity index (χ1v) is 22.0. The highest BCUT2D eigenvalue weighted by Crippen LogP contribution is 2.41. The quantitative estimate of drug-likeness (QED) is 0.0888. The Balaban J connectivity index is 0.000000408. The van der Waals surface area contributed by atoms with Crippen LogP contribution in [0, 0.1) is 20.8 Å². The summed E-state index contributed by atoms with van der Waals surface area (Å²) in [4.78, 5) is 0. The number of nitrogens with zero attached hydrogens (tertiary/aromatic N) is 1. The van der Waals surface area contributed by atoms with Crippen LogP contribution in [0.4, 0.5) is 105 Å². The smallest absolute Gasteiger partial charge is 0.194 e. The van der Waals surface area contributed by atoms with Gasteiger partial charge in [-0.1, -0.05) is 102 Å². The van der Waals surface area contributed by atoms with Crippen LogP contribution in [0.5, 0.6) is 0 Å². The molecule has 0 bridgehead atoms. The first-order valence-electron chi connectivity index (χ1n) is 21.2. The maximum Gasteiger partial charge on any atom is 0.416 e. The normalized spacial score (nSPS) is 13.5. The largest absolute Gasteiger partial charge is 0.416 e. The van der Waals surface area contributed by atoms with Crippen molar-refractivity contribution in [2.75, 3.05) is 0 Å². The van der Waals surface area contributed by atoms with E-state index in [1.54, 1.807) is 0 Å². The molecule has 0 N–H and O–H groups in total. The molecule has 0 spiro atoms. The molecule has 0 unspecified atom stereocenters. The minimum absolute atomic E-state index is 0.691. The fourth-order valence-electron chi connectivity index (χ4n) is 8.62. The maximum atomic E-state index is 14.2. The van der Waals surface area contributed by atoms with Gasteiger partial charge in [-0.05, 0) is 43.7 Å². The molecule has 0 fully saturated rings. The molecule has 1 heterocycles. The molecule has 27 heteroatoms. The predicted octanol–water partition coefficient (Wildman–Crippen LogP) is 15.4. The van der Waals surface area contributed by atoms with Gasteiger partial charge in [0.2, 0.25) is 10.5 Å². The van der Waals surface area contributed by atoms with E-state index in [9.17, 15) is 105 Å². The zero-order chi connectivity index (χ0) is 57.3. The van der Waals surface area contributed by atoms with Gasteiger partial charge in [-0.25, -0.2) is 0 Å². The Kier molecular flexibility index (Phi) is 15.4. The summed E-state index contributed by atoms with van der Waals surface area (Å²) >= 11 is 1.90. The van der Waals surface area contributed by atoms with Gasteiger partial charge in [0.1, 0.15) is 10.8 Å². The lowest BCUT2D eigenvalue weighted by Gasteiger charge is -2.46. The number of aromatic nitrogens is 1. The van der Waals surface area contributed by atoms with Crippen molar-refractivity contribution >= 4 is 49.6 Å². The van der Waals surface area contributed by atoms with Crippen molar-refractivity contribution in [3.05, 3.63) is 181 Å². The van der Waals surface area contributed by atoms with E-state index in [2.05, 4.69) is 67.8 Å². The van der Waals surface area contributed by atoms with E-state index >= 15 is 0 Å². The predicted molar refractivity (Wildman–Crippen MR) is 232 cm³/mol. The fourth-order valence-corrected chi connectivity index (χ4v) is 9.78. The summed E-state index contributed by atoms with van der Waals surface area (Å²) in [5, 5.41) is 1.37. The van der Waals surface area contributed by atoms with Crippen molar-refractivity contribution in [3.8, 4) is 0 Å². The van der Waals surface area contributed by atoms with Gasteiger partial charge in [-0.15, -0.1) is 0 Å². The number of rotatable bonds is 6. The SMILES string of the molecule is Cc1ccc(C)c2c1sc(C)[n+]2Cc1ccccc1.FC(F)(F)c1cc([B-](c2cc(C(F)(F)F)cc(C(F)(F)F)c2)(c2cc(C(F)(F)F)cc(C(F)(F)F)c2)c2cc(C(F)(F)F)cc(C(F)(F)F)c2)cc(C(F)(F)F)c1. The number of aryl methyl sites for hydroxylation is 3. The van der Waals surface area contributed by atoms with Crippen LogP contribution in [-0.2, 0) is 56.0 Å². The zero-order valence-electron chi connectivity index (χ0n) is 38.2. The standard InChI is InChI=1S/C32H12BF24.C17H18NS/c34-25(35,36)13-1-14(26(37,38)39)6-21(5-13)33(22-7-15(27(40,41)42)2-16(8-22)28(43,44)45,23-9-17(29(46,47)48)3-18(10-23)30(49,50)51)24-11-19(31(52,53)54)4-20(12-24)32(55,56)57;1-12-9-10-13(2)17-16(12)18(14(3)19-17)11-15-7-5-4-6-8-15/h1-12H;4-10H,11H2,1-3H3/q-1;+1. The van der Waals surface area contributed by atoms with E-state index in [4.69, 9.17) is 0 Å². The van der Waals surface area contributed by atoms with Gasteiger partial charge in [0, 0.05) is 18.1 Å². The van der Waals surface area contributed by atoms with Crippen LogP contribution < -0.4 is 26.4 Å². The second-order valence-electron chi connectivity index (χ2n) is 17.3. The molecular formula is C49H30BF24NS. The second kappa shape index (κ2) is 19.9. The molecule has 0 amide bonds. The average Bonchev–Trinajstić information content (AvgIpc) is 3.61. The molecule has 0 saturated heterocycles. The Morgan fingerprint density at radius 2 is 0.592 bits per heavy atom. The van der Waals surface area contributed by atoms with Crippen LogP contribution in [-0.4, -0.2) is 6.15 Å². The summed E-state index contributed by atoms with van der Waals surface area (Å²) in [6.07, 6.45) is -54.8. The molecule has 0 radical (unpaired) electrons. The van der Waals surface area contributed by atoms with Crippen LogP contribution in [0.3, 0.4) is 0 Å². The van der Waals surface area contributed by atoms with E-state index in [-0.39, 0.29) is 0 Å². The fraction of sp³-hybridized carbons (Fsp3) is 0.245.